The summed E-state index contributed by atoms with van der Waals surface area (Å²) >= 11 is 0. The van der Waals surface area contributed by atoms with Gasteiger partial charge in [0.1, 0.15) is 11.5 Å². The summed E-state index contributed by atoms with van der Waals surface area (Å²) in [5.74, 6) is -0.840. The maximum Gasteiger partial charge on any atom is 0.573 e. The number of halogens is 3. The summed E-state index contributed by atoms with van der Waals surface area (Å²) in [6.45, 7) is 0.180. The van der Waals surface area contributed by atoms with E-state index in [0.29, 0.717) is 5.56 Å². The Balaban J connectivity index is 2.04. The van der Waals surface area contributed by atoms with Crippen molar-refractivity contribution < 1.29 is 27.8 Å². The molecule has 7 heteroatoms. The maximum absolute atomic E-state index is 12.2. The molecular weight excluding hydrogens is 311 g/mol. The van der Waals surface area contributed by atoms with E-state index < -0.39 is 12.3 Å². The molecule has 0 heterocycles. The van der Waals surface area contributed by atoms with E-state index in [4.69, 9.17) is 0 Å². The van der Waals surface area contributed by atoms with Gasteiger partial charge in [-0.15, -0.1) is 13.2 Å². The van der Waals surface area contributed by atoms with Gasteiger partial charge in [0, 0.05) is 13.6 Å². The zero-order valence-electron chi connectivity index (χ0n) is 12.2. The summed E-state index contributed by atoms with van der Waals surface area (Å²) in [7, 11) is 1.54. The Hall–Kier alpha value is -2.70. The van der Waals surface area contributed by atoms with Gasteiger partial charge in [-0.1, -0.05) is 24.3 Å². The molecule has 0 unspecified atom stereocenters. The SMILES string of the molecule is CN(Cc1ccc(OC(F)(F)F)cc1)C(=O)c1ccccc1O. The number of hydrogen-bond acceptors (Lipinski definition) is 3. The molecular formula is C16H14F3NO3. The van der Waals surface area contributed by atoms with Crippen LogP contribution < -0.4 is 4.74 Å². The van der Waals surface area contributed by atoms with Crippen LogP contribution in [0.15, 0.2) is 48.5 Å². The molecule has 0 aliphatic rings. The molecule has 0 spiro atoms. The Bertz CT molecular complexity index is 684. The van der Waals surface area contributed by atoms with Crippen LogP contribution in [0.4, 0.5) is 13.2 Å². The molecule has 2 aromatic rings. The number of carbonyl (C=O) groups excluding carboxylic acids is 1. The highest BCUT2D eigenvalue weighted by molar-refractivity contribution is 5.96. The van der Waals surface area contributed by atoms with Crippen LogP contribution in [0.2, 0.25) is 0 Å². The fraction of sp³-hybridized carbons (Fsp3) is 0.188. The predicted molar refractivity (Wildman–Crippen MR) is 77.0 cm³/mol. The molecule has 4 nitrogen and oxygen atoms in total. The van der Waals surface area contributed by atoms with Crippen molar-refractivity contribution >= 4 is 5.91 Å². The van der Waals surface area contributed by atoms with E-state index in [1.807, 2.05) is 0 Å². The number of para-hydroxylation sites is 1. The van der Waals surface area contributed by atoms with Gasteiger partial charge >= 0.3 is 6.36 Å². The van der Waals surface area contributed by atoms with Crippen LogP contribution in [0.5, 0.6) is 11.5 Å². The molecule has 1 N–H and O–H groups in total. The monoisotopic (exact) mass is 325 g/mol. The van der Waals surface area contributed by atoms with E-state index in [1.165, 1.54) is 48.3 Å². The Morgan fingerprint density at radius 2 is 1.74 bits per heavy atom. The Labute approximate surface area is 130 Å². The van der Waals surface area contributed by atoms with Gasteiger partial charge in [0.15, 0.2) is 0 Å². The normalized spacial score (nSPS) is 11.1. The maximum atomic E-state index is 12.2. The predicted octanol–water partition coefficient (Wildman–Crippen LogP) is 3.56. The first-order chi connectivity index (χ1) is 10.8. The zero-order chi connectivity index (χ0) is 17.0. The van der Waals surface area contributed by atoms with Crippen molar-refractivity contribution in [3.63, 3.8) is 0 Å². The number of benzene rings is 2. The molecule has 2 aromatic carbocycles. The molecule has 0 aliphatic carbocycles. The van der Waals surface area contributed by atoms with Crippen LogP contribution in [0.25, 0.3) is 0 Å². The molecule has 2 rings (SSSR count). The third-order valence-corrected chi connectivity index (χ3v) is 3.06. The summed E-state index contributed by atoms with van der Waals surface area (Å²) in [4.78, 5) is 13.6. The van der Waals surface area contributed by atoms with E-state index in [2.05, 4.69) is 4.74 Å². The standard InChI is InChI=1S/C16H14F3NO3/c1-20(15(22)13-4-2-3-5-14(13)21)10-11-6-8-12(9-7-11)23-16(17,18)19/h2-9,21H,10H2,1H3. The molecule has 122 valence electrons. The van der Waals surface area contributed by atoms with Gasteiger partial charge in [-0.2, -0.15) is 0 Å². The molecule has 0 atom stereocenters. The first-order valence-electron chi connectivity index (χ1n) is 6.64. The summed E-state index contributed by atoms with van der Waals surface area (Å²) in [6, 6.07) is 11.4. The number of ether oxygens (including phenoxy) is 1. The van der Waals surface area contributed by atoms with E-state index in [0.717, 1.165) is 0 Å². The Morgan fingerprint density at radius 1 is 1.13 bits per heavy atom. The van der Waals surface area contributed by atoms with E-state index in [9.17, 15) is 23.1 Å². The summed E-state index contributed by atoms with van der Waals surface area (Å²) < 4.78 is 40.0. The average molecular weight is 325 g/mol. The molecule has 0 saturated carbocycles. The lowest BCUT2D eigenvalue weighted by Crippen LogP contribution is -2.26. The van der Waals surface area contributed by atoms with Crippen LogP contribution in [-0.2, 0) is 6.54 Å². The Kier molecular flexibility index (Phi) is 4.78. The average Bonchev–Trinajstić information content (AvgIpc) is 2.47. The van der Waals surface area contributed by atoms with E-state index in [1.54, 1.807) is 12.1 Å². The second kappa shape index (κ2) is 6.60. The first-order valence-corrected chi connectivity index (χ1v) is 6.64. The van der Waals surface area contributed by atoms with Gasteiger partial charge in [0.2, 0.25) is 0 Å². The zero-order valence-corrected chi connectivity index (χ0v) is 12.2. The number of alkyl halides is 3. The van der Waals surface area contributed by atoms with Crippen molar-refractivity contribution in [1.82, 2.24) is 4.90 Å². The van der Waals surface area contributed by atoms with E-state index in [-0.39, 0.29) is 23.6 Å². The second-order valence-electron chi connectivity index (χ2n) is 4.87. The molecule has 0 radical (unpaired) electrons. The molecule has 0 fully saturated rings. The second-order valence-corrected chi connectivity index (χ2v) is 4.87. The minimum absolute atomic E-state index is 0.127. The quantitative estimate of drug-likeness (QED) is 0.935. The van der Waals surface area contributed by atoms with Crippen LogP contribution in [0.1, 0.15) is 15.9 Å². The number of aromatic hydroxyl groups is 1. The van der Waals surface area contributed by atoms with Crippen molar-refractivity contribution in [2.24, 2.45) is 0 Å². The number of hydrogen-bond donors (Lipinski definition) is 1. The number of phenolic OH excluding ortho intramolecular Hbond substituents is 1. The molecule has 0 aromatic heterocycles. The van der Waals surface area contributed by atoms with E-state index >= 15 is 0 Å². The molecule has 0 saturated heterocycles. The van der Waals surface area contributed by atoms with Crippen molar-refractivity contribution in [2.75, 3.05) is 7.05 Å². The largest absolute Gasteiger partial charge is 0.573 e. The van der Waals surface area contributed by atoms with Crippen LogP contribution in [0.3, 0.4) is 0 Å². The van der Waals surface area contributed by atoms with Crippen molar-refractivity contribution in [1.29, 1.82) is 0 Å². The lowest BCUT2D eigenvalue weighted by molar-refractivity contribution is -0.274. The lowest BCUT2D eigenvalue weighted by Gasteiger charge is -2.18. The molecule has 0 aliphatic heterocycles. The number of carbonyl (C=O) groups is 1. The number of nitrogens with zero attached hydrogens (tertiary/aromatic N) is 1. The third-order valence-electron chi connectivity index (χ3n) is 3.06. The van der Waals surface area contributed by atoms with Crippen LogP contribution >= 0.6 is 0 Å². The van der Waals surface area contributed by atoms with Crippen molar-refractivity contribution in [3.8, 4) is 11.5 Å². The fourth-order valence-corrected chi connectivity index (χ4v) is 2.00. The van der Waals surface area contributed by atoms with Crippen LogP contribution in [-0.4, -0.2) is 29.3 Å². The third kappa shape index (κ3) is 4.64. The lowest BCUT2D eigenvalue weighted by atomic mass is 10.1. The number of rotatable bonds is 4. The summed E-state index contributed by atoms with van der Waals surface area (Å²) in [6.07, 6.45) is -4.74. The van der Waals surface area contributed by atoms with Crippen molar-refractivity contribution in [2.45, 2.75) is 12.9 Å². The number of amides is 1. The highest BCUT2D eigenvalue weighted by Crippen LogP contribution is 2.23. The minimum Gasteiger partial charge on any atom is -0.507 e. The number of phenols is 1. The summed E-state index contributed by atoms with van der Waals surface area (Å²) in [5.41, 5.74) is 0.790. The van der Waals surface area contributed by atoms with Gasteiger partial charge in [0.05, 0.1) is 5.56 Å². The fourth-order valence-electron chi connectivity index (χ4n) is 2.00. The first kappa shape index (κ1) is 16.7. The van der Waals surface area contributed by atoms with Crippen LogP contribution in [0, 0.1) is 0 Å². The highest BCUT2D eigenvalue weighted by Gasteiger charge is 2.30. The smallest absolute Gasteiger partial charge is 0.507 e. The molecule has 1 amide bonds. The van der Waals surface area contributed by atoms with Gasteiger partial charge < -0.3 is 14.7 Å². The van der Waals surface area contributed by atoms with Gasteiger partial charge in [-0.25, -0.2) is 0 Å². The summed E-state index contributed by atoms with van der Waals surface area (Å²) in [5, 5.41) is 9.67. The Morgan fingerprint density at radius 3 is 2.30 bits per heavy atom. The van der Waals surface area contributed by atoms with Gasteiger partial charge in [-0.05, 0) is 29.8 Å². The highest BCUT2D eigenvalue weighted by atomic mass is 19.4. The van der Waals surface area contributed by atoms with Gasteiger partial charge in [-0.3, -0.25) is 4.79 Å². The van der Waals surface area contributed by atoms with Gasteiger partial charge in [0.25, 0.3) is 5.91 Å². The molecule has 0 bridgehead atoms. The molecule has 23 heavy (non-hydrogen) atoms. The minimum atomic E-state index is -4.74. The van der Waals surface area contributed by atoms with Crippen molar-refractivity contribution in [3.05, 3.63) is 59.7 Å². The topological polar surface area (TPSA) is 49.8 Å².